The maximum absolute atomic E-state index is 8.91. The van der Waals surface area contributed by atoms with Crippen LogP contribution in [-0.4, -0.2) is 16.5 Å². The van der Waals surface area contributed by atoms with Crippen LogP contribution in [0.25, 0.3) is 0 Å². The van der Waals surface area contributed by atoms with Crippen molar-refractivity contribution in [2.45, 2.75) is 46.3 Å². The summed E-state index contributed by atoms with van der Waals surface area (Å²) in [4.78, 5) is 0. The lowest BCUT2D eigenvalue weighted by Crippen LogP contribution is -2.09. The van der Waals surface area contributed by atoms with Gasteiger partial charge < -0.3 is 10.2 Å². The van der Waals surface area contributed by atoms with Crippen LogP contribution in [0.5, 0.6) is 0 Å². The molecule has 66 valence electrons. The van der Waals surface area contributed by atoms with Crippen molar-refractivity contribution in [3.8, 4) is 0 Å². The Morgan fingerprint density at radius 1 is 1.27 bits per heavy atom. The molecule has 0 aliphatic heterocycles. The molecule has 0 bridgehead atoms. The number of hydrogen-bond acceptors (Lipinski definition) is 2. The molecule has 0 rings (SSSR count). The Hall–Kier alpha value is -0.340. The van der Waals surface area contributed by atoms with Gasteiger partial charge in [0, 0.05) is 0 Å². The average molecular weight is 158 g/mol. The number of aliphatic hydroxyl groups excluding tert-OH is 1. The van der Waals surface area contributed by atoms with Gasteiger partial charge in [-0.3, -0.25) is 0 Å². The molecule has 0 atom stereocenters. The van der Waals surface area contributed by atoms with E-state index < -0.39 is 6.29 Å². The summed E-state index contributed by atoms with van der Waals surface area (Å²) in [5, 5.41) is 17.8. The van der Waals surface area contributed by atoms with Crippen LogP contribution in [0.2, 0.25) is 0 Å². The van der Waals surface area contributed by atoms with Crippen molar-refractivity contribution in [3.63, 3.8) is 0 Å². The summed E-state index contributed by atoms with van der Waals surface area (Å²) in [6.45, 7) is 5.90. The molecule has 0 amide bonds. The van der Waals surface area contributed by atoms with Crippen molar-refractivity contribution in [2.75, 3.05) is 0 Å². The van der Waals surface area contributed by atoms with Gasteiger partial charge in [0.1, 0.15) is 0 Å². The Morgan fingerprint density at radius 2 is 1.82 bits per heavy atom. The highest BCUT2D eigenvalue weighted by Crippen LogP contribution is 2.14. The van der Waals surface area contributed by atoms with Crippen LogP contribution >= 0.6 is 0 Å². The molecular formula is C9H18O2. The number of aliphatic hydroxyl groups is 2. The summed E-state index contributed by atoms with van der Waals surface area (Å²) in [5.74, 6) is 0. The van der Waals surface area contributed by atoms with Gasteiger partial charge in [-0.05, 0) is 32.3 Å². The molecular weight excluding hydrogens is 140 g/mol. The molecule has 11 heavy (non-hydrogen) atoms. The topological polar surface area (TPSA) is 40.5 Å². The maximum atomic E-state index is 8.91. The Labute approximate surface area is 68.6 Å². The Bertz CT molecular complexity index is 132. The van der Waals surface area contributed by atoms with Crippen LogP contribution in [-0.2, 0) is 0 Å². The molecule has 2 heteroatoms. The van der Waals surface area contributed by atoms with E-state index in [1.54, 1.807) is 0 Å². The van der Waals surface area contributed by atoms with Crippen LogP contribution in [0.4, 0.5) is 0 Å². The van der Waals surface area contributed by atoms with Crippen LogP contribution in [0.15, 0.2) is 11.1 Å². The van der Waals surface area contributed by atoms with Gasteiger partial charge in [0.2, 0.25) is 0 Å². The SMILES string of the molecule is CCCCC(=C(C)C)C(O)O. The number of unbranched alkanes of at least 4 members (excludes halogenated alkanes) is 1. The summed E-state index contributed by atoms with van der Waals surface area (Å²) in [5.41, 5.74) is 1.79. The zero-order valence-electron chi connectivity index (χ0n) is 7.59. The minimum Gasteiger partial charge on any atom is -0.365 e. The number of rotatable bonds is 4. The van der Waals surface area contributed by atoms with Crippen LogP contribution < -0.4 is 0 Å². The van der Waals surface area contributed by atoms with Crippen molar-refractivity contribution in [1.29, 1.82) is 0 Å². The lowest BCUT2D eigenvalue weighted by atomic mass is 10.0. The third-order valence-electron chi connectivity index (χ3n) is 1.75. The minimum absolute atomic E-state index is 0.770. The predicted octanol–water partition coefficient (Wildman–Crippen LogP) is 1.82. The van der Waals surface area contributed by atoms with Gasteiger partial charge in [0.05, 0.1) is 0 Å². The normalized spacial score (nSPS) is 10.4. The first kappa shape index (κ1) is 10.7. The molecule has 0 fully saturated rings. The third kappa shape index (κ3) is 4.17. The van der Waals surface area contributed by atoms with Gasteiger partial charge >= 0.3 is 0 Å². The summed E-state index contributed by atoms with van der Waals surface area (Å²) < 4.78 is 0. The predicted molar refractivity (Wildman–Crippen MR) is 46.1 cm³/mol. The molecule has 0 unspecified atom stereocenters. The number of allylic oxidation sites excluding steroid dienone is 1. The molecule has 2 N–H and O–H groups in total. The van der Waals surface area contributed by atoms with E-state index >= 15 is 0 Å². The Balaban J connectivity index is 4.03. The summed E-state index contributed by atoms with van der Waals surface area (Å²) in [6.07, 6.45) is 1.66. The van der Waals surface area contributed by atoms with Gasteiger partial charge in [-0.2, -0.15) is 0 Å². The molecule has 0 spiro atoms. The van der Waals surface area contributed by atoms with Crippen molar-refractivity contribution < 1.29 is 10.2 Å². The summed E-state index contributed by atoms with van der Waals surface area (Å²) >= 11 is 0. The lowest BCUT2D eigenvalue weighted by Gasteiger charge is -2.10. The van der Waals surface area contributed by atoms with Crippen LogP contribution in [0.1, 0.15) is 40.0 Å². The molecule has 0 heterocycles. The highest BCUT2D eigenvalue weighted by molar-refractivity contribution is 5.11. The van der Waals surface area contributed by atoms with E-state index in [0.717, 1.165) is 30.4 Å². The first-order valence-electron chi connectivity index (χ1n) is 4.12. The minimum atomic E-state index is -1.26. The fourth-order valence-electron chi connectivity index (χ4n) is 1.00. The maximum Gasteiger partial charge on any atom is 0.174 e. The van der Waals surface area contributed by atoms with Gasteiger partial charge in [0.15, 0.2) is 6.29 Å². The monoisotopic (exact) mass is 158 g/mol. The molecule has 0 aromatic carbocycles. The fourth-order valence-corrected chi connectivity index (χ4v) is 1.00. The summed E-state index contributed by atoms with van der Waals surface area (Å²) in [6, 6.07) is 0. The highest BCUT2D eigenvalue weighted by atomic mass is 16.5. The van der Waals surface area contributed by atoms with Crippen LogP contribution in [0, 0.1) is 0 Å². The number of hydrogen-bond donors (Lipinski definition) is 2. The van der Waals surface area contributed by atoms with Gasteiger partial charge in [-0.25, -0.2) is 0 Å². The van der Waals surface area contributed by atoms with E-state index in [1.165, 1.54) is 0 Å². The molecule has 0 radical (unpaired) electrons. The van der Waals surface area contributed by atoms with Crippen molar-refractivity contribution in [3.05, 3.63) is 11.1 Å². The molecule has 0 aliphatic carbocycles. The molecule has 2 nitrogen and oxygen atoms in total. The van der Waals surface area contributed by atoms with E-state index in [2.05, 4.69) is 6.92 Å². The Morgan fingerprint density at radius 3 is 2.09 bits per heavy atom. The van der Waals surface area contributed by atoms with Gasteiger partial charge in [0.25, 0.3) is 0 Å². The van der Waals surface area contributed by atoms with Crippen molar-refractivity contribution in [1.82, 2.24) is 0 Å². The smallest absolute Gasteiger partial charge is 0.174 e. The highest BCUT2D eigenvalue weighted by Gasteiger charge is 2.06. The average Bonchev–Trinajstić information content (AvgIpc) is 1.87. The van der Waals surface area contributed by atoms with E-state index in [0.29, 0.717) is 0 Å². The van der Waals surface area contributed by atoms with Crippen LogP contribution in [0.3, 0.4) is 0 Å². The standard InChI is InChI=1S/C9H18O2/c1-4-5-6-8(7(2)3)9(10)11/h9-11H,4-6H2,1-3H3. The molecule has 0 aliphatic rings. The van der Waals surface area contributed by atoms with E-state index in [9.17, 15) is 0 Å². The molecule has 0 saturated heterocycles. The zero-order valence-corrected chi connectivity index (χ0v) is 7.59. The molecule has 0 aromatic heterocycles. The second kappa shape index (κ2) is 5.33. The molecule has 0 aromatic rings. The van der Waals surface area contributed by atoms with E-state index in [-0.39, 0.29) is 0 Å². The second-order valence-electron chi connectivity index (χ2n) is 3.00. The zero-order chi connectivity index (χ0) is 8.85. The Kier molecular flexibility index (Phi) is 5.16. The largest absolute Gasteiger partial charge is 0.365 e. The first-order valence-corrected chi connectivity index (χ1v) is 4.12. The van der Waals surface area contributed by atoms with Crippen molar-refractivity contribution in [2.24, 2.45) is 0 Å². The summed E-state index contributed by atoms with van der Waals surface area (Å²) in [7, 11) is 0. The van der Waals surface area contributed by atoms with E-state index in [1.807, 2.05) is 13.8 Å². The molecule has 0 saturated carbocycles. The fraction of sp³-hybridized carbons (Fsp3) is 0.778. The first-order chi connectivity index (χ1) is 5.09. The van der Waals surface area contributed by atoms with E-state index in [4.69, 9.17) is 10.2 Å². The quantitative estimate of drug-likeness (QED) is 0.484. The third-order valence-corrected chi connectivity index (χ3v) is 1.75. The second-order valence-corrected chi connectivity index (χ2v) is 3.00. The van der Waals surface area contributed by atoms with Crippen molar-refractivity contribution >= 4 is 0 Å². The van der Waals surface area contributed by atoms with Gasteiger partial charge in [-0.15, -0.1) is 0 Å². The van der Waals surface area contributed by atoms with Gasteiger partial charge in [-0.1, -0.05) is 18.9 Å². The lowest BCUT2D eigenvalue weighted by molar-refractivity contribution is -0.0112.